The van der Waals surface area contributed by atoms with E-state index < -0.39 is 0 Å². The van der Waals surface area contributed by atoms with E-state index >= 15 is 0 Å². The first-order valence-electron chi connectivity index (χ1n) is 8.16. The highest BCUT2D eigenvalue weighted by molar-refractivity contribution is 6.07. The number of aliphatic hydroxyl groups is 1. The Hall–Kier alpha value is -1.91. The molecule has 0 amide bonds. The molecule has 23 heavy (non-hydrogen) atoms. The molecule has 1 aromatic heterocycles. The van der Waals surface area contributed by atoms with Crippen LogP contribution in [0.5, 0.6) is 0 Å². The molecule has 0 saturated carbocycles. The number of aromatic amines is 1. The third-order valence-electron chi connectivity index (χ3n) is 3.66. The van der Waals surface area contributed by atoms with Gasteiger partial charge in [-0.3, -0.25) is 0 Å². The molecular formula is C19H24FNO2. The molecule has 0 spiro atoms. The van der Waals surface area contributed by atoms with Crippen LogP contribution in [-0.4, -0.2) is 29.4 Å². The summed E-state index contributed by atoms with van der Waals surface area (Å²) in [6, 6.07) is 12.7. The van der Waals surface area contributed by atoms with Gasteiger partial charge in [-0.05, 0) is 37.1 Å². The van der Waals surface area contributed by atoms with Gasteiger partial charge < -0.3 is 14.8 Å². The Morgan fingerprint density at radius 1 is 1.00 bits per heavy atom. The fraction of sp³-hybridized carbons (Fsp3) is 0.368. The SMILES string of the molecule is CC.Fc1ccc2[nH]c3ccccc3c2c1.OC1CCOCC1. The number of rotatable bonds is 0. The molecule has 2 N–H and O–H groups in total. The summed E-state index contributed by atoms with van der Waals surface area (Å²) in [5, 5.41) is 10.8. The number of ether oxygens (including phenoxy) is 1. The first kappa shape index (κ1) is 17.4. The van der Waals surface area contributed by atoms with Crippen molar-refractivity contribution in [2.45, 2.75) is 32.8 Å². The Morgan fingerprint density at radius 2 is 1.65 bits per heavy atom. The van der Waals surface area contributed by atoms with Gasteiger partial charge >= 0.3 is 0 Å². The highest BCUT2D eigenvalue weighted by atomic mass is 19.1. The molecule has 0 atom stereocenters. The zero-order valence-corrected chi connectivity index (χ0v) is 13.7. The van der Waals surface area contributed by atoms with Gasteiger partial charge in [0.1, 0.15) is 5.82 Å². The number of aromatic nitrogens is 1. The molecule has 124 valence electrons. The molecule has 3 nitrogen and oxygen atoms in total. The van der Waals surface area contributed by atoms with Crippen molar-refractivity contribution in [3.05, 3.63) is 48.3 Å². The Balaban J connectivity index is 0.000000181. The van der Waals surface area contributed by atoms with E-state index in [1.807, 2.05) is 38.1 Å². The van der Waals surface area contributed by atoms with E-state index in [4.69, 9.17) is 9.84 Å². The van der Waals surface area contributed by atoms with Crippen LogP contribution in [0.1, 0.15) is 26.7 Å². The van der Waals surface area contributed by atoms with Gasteiger partial charge in [-0.25, -0.2) is 4.39 Å². The summed E-state index contributed by atoms with van der Waals surface area (Å²) in [5.41, 5.74) is 2.03. The van der Waals surface area contributed by atoms with Crippen molar-refractivity contribution in [1.29, 1.82) is 0 Å². The number of fused-ring (bicyclic) bond motifs is 3. The largest absolute Gasteiger partial charge is 0.393 e. The smallest absolute Gasteiger partial charge is 0.123 e. The fourth-order valence-corrected chi connectivity index (χ4v) is 2.51. The van der Waals surface area contributed by atoms with Crippen molar-refractivity contribution in [3.63, 3.8) is 0 Å². The molecule has 0 unspecified atom stereocenters. The van der Waals surface area contributed by atoms with Gasteiger partial charge in [0.25, 0.3) is 0 Å². The van der Waals surface area contributed by atoms with Gasteiger partial charge in [-0.1, -0.05) is 32.0 Å². The maximum atomic E-state index is 13.0. The van der Waals surface area contributed by atoms with E-state index in [-0.39, 0.29) is 11.9 Å². The predicted octanol–water partition coefficient (Wildman–Crippen LogP) is 4.64. The minimum atomic E-state index is -0.192. The molecule has 0 bridgehead atoms. The van der Waals surface area contributed by atoms with E-state index in [2.05, 4.69) is 4.98 Å². The third kappa shape index (κ3) is 4.53. The quantitative estimate of drug-likeness (QED) is 0.634. The second kappa shape index (κ2) is 8.65. The number of hydrogen-bond acceptors (Lipinski definition) is 2. The van der Waals surface area contributed by atoms with Crippen molar-refractivity contribution >= 4 is 21.8 Å². The number of halogens is 1. The van der Waals surface area contributed by atoms with Crippen molar-refractivity contribution in [2.24, 2.45) is 0 Å². The lowest BCUT2D eigenvalue weighted by Gasteiger charge is -2.15. The van der Waals surface area contributed by atoms with E-state index in [9.17, 15) is 4.39 Å². The van der Waals surface area contributed by atoms with Crippen LogP contribution in [-0.2, 0) is 4.74 Å². The van der Waals surface area contributed by atoms with Crippen LogP contribution >= 0.6 is 0 Å². The molecule has 2 aromatic carbocycles. The van der Waals surface area contributed by atoms with E-state index in [0.29, 0.717) is 0 Å². The Morgan fingerprint density at radius 3 is 2.30 bits per heavy atom. The lowest BCUT2D eigenvalue weighted by atomic mass is 10.1. The molecule has 4 heteroatoms. The fourth-order valence-electron chi connectivity index (χ4n) is 2.51. The zero-order chi connectivity index (χ0) is 16.7. The monoisotopic (exact) mass is 317 g/mol. The summed E-state index contributed by atoms with van der Waals surface area (Å²) in [5.74, 6) is -0.192. The van der Waals surface area contributed by atoms with Crippen LogP contribution in [0, 0.1) is 5.82 Å². The molecular weight excluding hydrogens is 293 g/mol. The van der Waals surface area contributed by atoms with Crippen LogP contribution in [0.25, 0.3) is 21.8 Å². The summed E-state index contributed by atoms with van der Waals surface area (Å²) in [6.45, 7) is 5.47. The standard InChI is InChI=1S/C12H8FN.C5H10O2.C2H6/c13-8-5-6-12-10(7-8)9-3-1-2-4-11(9)14-12;6-5-1-3-7-4-2-5;1-2/h1-7,14H;5-6H,1-4H2;1-2H3. The Labute approximate surface area is 136 Å². The highest BCUT2D eigenvalue weighted by Gasteiger charge is 2.08. The average Bonchev–Trinajstić information content (AvgIpc) is 2.96. The van der Waals surface area contributed by atoms with Crippen molar-refractivity contribution < 1.29 is 14.2 Å². The molecule has 1 aliphatic heterocycles. The molecule has 0 radical (unpaired) electrons. The van der Waals surface area contributed by atoms with Crippen LogP contribution in [0.15, 0.2) is 42.5 Å². The molecule has 4 rings (SSSR count). The summed E-state index contributed by atoms with van der Waals surface area (Å²) in [4.78, 5) is 3.24. The van der Waals surface area contributed by atoms with Gasteiger partial charge in [0, 0.05) is 35.0 Å². The minimum Gasteiger partial charge on any atom is -0.393 e. The van der Waals surface area contributed by atoms with E-state index in [1.54, 1.807) is 12.1 Å². The summed E-state index contributed by atoms with van der Waals surface area (Å²) in [7, 11) is 0. The lowest BCUT2D eigenvalue weighted by Crippen LogP contribution is -2.19. The molecule has 1 saturated heterocycles. The number of hydrogen-bond donors (Lipinski definition) is 2. The minimum absolute atomic E-state index is 0.0891. The number of nitrogens with one attached hydrogen (secondary N) is 1. The Kier molecular flexibility index (Phi) is 6.56. The van der Waals surface area contributed by atoms with Crippen molar-refractivity contribution in [3.8, 4) is 0 Å². The van der Waals surface area contributed by atoms with Crippen LogP contribution in [0.2, 0.25) is 0 Å². The van der Waals surface area contributed by atoms with Gasteiger partial charge in [0.15, 0.2) is 0 Å². The summed E-state index contributed by atoms with van der Waals surface area (Å²) >= 11 is 0. The Bertz CT molecular complexity index is 732. The molecule has 1 fully saturated rings. The summed E-state index contributed by atoms with van der Waals surface area (Å²) in [6.07, 6.45) is 1.55. The molecule has 3 aromatic rings. The first-order valence-corrected chi connectivity index (χ1v) is 8.16. The first-order chi connectivity index (χ1) is 11.2. The summed E-state index contributed by atoms with van der Waals surface area (Å²) < 4.78 is 18.0. The van der Waals surface area contributed by atoms with E-state index in [1.165, 1.54) is 6.07 Å². The number of aliphatic hydroxyl groups excluding tert-OH is 1. The number of H-pyrrole nitrogens is 1. The maximum absolute atomic E-state index is 13.0. The average molecular weight is 317 g/mol. The lowest BCUT2D eigenvalue weighted by molar-refractivity contribution is 0.0140. The van der Waals surface area contributed by atoms with Crippen LogP contribution < -0.4 is 0 Å². The maximum Gasteiger partial charge on any atom is 0.123 e. The van der Waals surface area contributed by atoms with Crippen molar-refractivity contribution in [2.75, 3.05) is 13.2 Å². The third-order valence-corrected chi connectivity index (χ3v) is 3.66. The van der Waals surface area contributed by atoms with Crippen LogP contribution in [0.3, 0.4) is 0 Å². The van der Waals surface area contributed by atoms with Gasteiger partial charge in [-0.2, -0.15) is 0 Å². The van der Waals surface area contributed by atoms with Crippen molar-refractivity contribution in [1.82, 2.24) is 4.98 Å². The molecule has 0 aliphatic carbocycles. The second-order valence-electron chi connectivity index (χ2n) is 5.20. The zero-order valence-electron chi connectivity index (χ0n) is 13.7. The number of para-hydroxylation sites is 1. The van der Waals surface area contributed by atoms with E-state index in [0.717, 1.165) is 47.9 Å². The normalized spacial score (nSPS) is 14.8. The second-order valence-corrected chi connectivity index (χ2v) is 5.20. The highest BCUT2D eigenvalue weighted by Crippen LogP contribution is 2.25. The topological polar surface area (TPSA) is 45.2 Å². The van der Waals surface area contributed by atoms with Gasteiger partial charge in [0.2, 0.25) is 0 Å². The predicted molar refractivity (Wildman–Crippen MR) is 93.2 cm³/mol. The van der Waals surface area contributed by atoms with Gasteiger partial charge in [-0.15, -0.1) is 0 Å². The molecule has 1 aliphatic rings. The molecule has 2 heterocycles. The van der Waals surface area contributed by atoms with Crippen LogP contribution in [0.4, 0.5) is 4.39 Å². The van der Waals surface area contributed by atoms with Gasteiger partial charge in [0.05, 0.1) is 6.10 Å². The number of benzene rings is 2.